The molecule has 28 heavy (non-hydrogen) atoms. The minimum atomic E-state index is 0.0685. The number of phenolic OH excluding ortho intramolecular Hbond substituents is 1. The van der Waals surface area contributed by atoms with E-state index in [1.165, 1.54) is 12.1 Å². The number of methoxy groups -OCH3 is 1. The molecule has 0 aliphatic rings. The van der Waals surface area contributed by atoms with Crippen LogP contribution in [0.15, 0.2) is 76.7 Å². The Morgan fingerprint density at radius 1 is 1.07 bits per heavy atom. The summed E-state index contributed by atoms with van der Waals surface area (Å²) in [4.78, 5) is 0.708. The van der Waals surface area contributed by atoms with Crippen LogP contribution < -0.4 is 4.74 Å². The number of benzene rings is 3. The van der Waals surface area contributed by atoms with Crippen LogP contribution in [-0.2, 0) is 0 Å². The van der Waals surface area contributed by atoms with Gasteiger partial charge < -0.3 is 9.84 Å². The summed E-state index contributed by atoms with van der Waals surface area (Å²) < 4.78 is 5.09. The number of thiol groups is 1. The number of hydrazone groups is 1. The molecule has 0 atom stereocenters. The Labute approximate surface area is 169 Å². The largest absolute Gasteiger partial charge is 0.504 e. The van der Waals surface area contributed by atoms with E-state index in [1.807, 2.05) is 48.5 Å². The second-order valence-electron chi connectivity index (χ2n) is 6.15. The normalized spacial score (nSPS) is 10.8. The van der Waals surface area contributed by atoms with Gasteiger partial charge in [0.2, 0.25) is 0 Å². The lowest BCUT2D eigenvalue weighted by Gasteiger charge is -2.16. The molecule has 3 aromatic carbocycles. The molecule has 0 radical (unpaired) electrons. The van der Waals surface area contributed by atoms with Crippen LogP contribution in [0.4, 0.5) is 0 Å². The van der Waals surface area contributed by atoms with Gasteiger partial charge in [-0.25, -0.2) is 0 Å². The Kier molecular flexibility index (Phi) is 6.01. The van der Waals surface area contributed by atoms with Crippen LogP contribution in [0.1, 0.15) is 11.1 Å². The molecule has 0 spiro atoms. The van der Waals surface area contributed by atoms with Crippen LogP contribution in [0, 0.1) is 5.41 Å². The highest BCUT2D eigenvalue weighted by Gasteiger charge is 2.11. The van der Waals surface area contributed by atoms with Crippen molar-refractivity contribution in [3.8, 4) is 22.6 Å². The molecule has 0 unspecified atom stereocenters. The number of phenols is 1. The lowest BCUT2D eigenvalue weighted by Crippen LogP contribution is -2.22. The van der Waals surface area contributed by atoms with E-state index in [2.05, 4.69) is 17.7 Å². The zero-order chi connectivity index (χ0) is 20.1. The Bertz CT molecular complexity index is 1020. The van der Waals surface area contributed by atoms with Gasteiger partial charge in [0.05, 0.1) is 13.3 Å². The first kappa shape index (κ1) is 19.5. The van der Waals surface area contributed by atoms with Crippen molar-refractivity contribution in [3.05, 3.63) is 77.9 Å². The lowest BCUT2D eigenvalue weighted by molar-refractivity contribution is 0.373. The third-order valence-electron chi connectivity index (χ3n) is 4.27. The molecule has 0 aliphatic carbocycles. The molecule has 0 saturated heterocycles. The van der Waals surface area contributed by atoms with E-state index < -0.39 is 0 Å². The van der Waals surface area contributed by atoms with Crippen molar-refractivity contribution in [2.24, 2.45) is 5.10 Å². The second-order valence-corrected chi connectivity index (χ2v) is 6.63. The quantitative estimate of drug-likeness (QED) is 0.257. The summed E-state index contributed by atoms with van der Waals surface area (Å²) in [6, 6.07) is 20.8. The van der Waals surface area contributed by atoms with E-state index >= 15 is 0 Å². The molecular weight excluding hydrogens is 370 g/mol. The lowest BCUT2D eigenvalue weighted by atomic mass is 10.0. The molecule has 5 nitrogen and oxygen atoms in total. The molecule has 0 saturated carbocycles. The number of hydrogen-bond acceptors (Lipinski definition) is 5. The van der Waals surface area contributed by atoms with Gasteiger partial charge in [-0.2, -0.15) is 5.10 Å². The van der Waals surface area contributed by atoms with Crippen molar-refractivity contribution < 1.29 is 9.84 Å². The fourth-order valence-corrected chi connectivity index (χ4v) is 3.02. The third-order valence-corrected chi connectivity index (χ3v) is 4.64. The van der Waals surface area contributed by atoms with Crippen LogP contribution >= 0.6 is 12.6 Å². The van der Waals surface area contributed by atoms with Crippen LogP contribution in [0.3, 0.4) is 0 Å². The van der Waals surface area contributed by atoms with Crippen molar-refractivity contribution in [2.75, 3.05) is 14.2 Å². The number of rotatable bonds is 5. The van der Waals surface area contributed by atoms with Crippen molar-refractivity contribution in [2.45, 2.75) is 4.90 Å². The summed E-state index contributed by atoms with van der Waals surface area (Å²) in [5.41, 5.74) is 3.58. The number of nitrogens with zero attached hydrogens (tertiary/aromatic N) is 2. The van der Waals surface area contributed by atoms with Crippen LogP contribution in [-0.4, -0.2) is 36.3 Å². The van der Waals surface area contributed by atoms with Gasteiger partial charge in [-0.1, -0.05) is 36.4 Å². The third kappa shape index (κ3) is 4.35. The molecule has 0 aliphatic heterocycles. The molecule has 0 heterocycles. The standard InChI is InChI=1S/C22H21N3O2S/c1-25(24-14-15-8-11-19(26)20(12-15)27-2)22(23)18-10-9-17(13-21(18)28)16-6-4-3-5-7-16/h3-14,23,26,28H,1-2H3/b23-22?,24-14+. The average molecular weight is 391 g/mol. The molecular formula is C22H21N3O2S. The minimum Gasteiger partial charge on any atom is -0.504 e. The highest BCUT2D eigenvalue weighted by molar-refractivity contribution is 7.80. The van der Waals surface area contributed by atoms with Crippen molar-refractivity contribution in [1.82, 2.24) is 5.01 Å². The zero-order valence-corrected chi connectivity index (χ0v) is 16.5. The van der Waals surface area contributed by atoms with E-state index in [9.17, 15) is 5.11 Å². The summed E-state index contributed by atoms with van der Waals surface area (Å²) in [7, 11) is 3.19. The van der Waals surface area contributed by atoms with Crippen molar-refractivity contribution in [1.29, 1.82) is 5.41 Å². The van der Waals surface area contributed by atoms with Crippen LogP contribution in [0.2, 0.25) is 0 Å². The van der Waals surface area contributed by atoms with Gasteiger partial charge in [0.15, 0.2) is 11.5 Å². The van der Waals surface area contributed by atoms with E-state index in [1.54, 1.807) is 31.5 Å². The molecule has 0 aromatic heterocycles. The first-order valence-electron chi connectivity index (χ1n) is 8.61. The fraction of sp³-hybridized carbons (Fsp3) is 0.0909. The Morgan fingerprint density at radius 3 is 2.50 bits per heavy atom. The second kappa shape index (κ2) is 8.63. The van der Waals surface area contributed by atoms with Gasteiger partial charge in [0.1, 0.15) is 5.84 Å². The SMILES string of the molecule is COc1cc(/C=N/N(C)C(=N)c2ccc(-c3ccccc3)cc2S)ccc1O. The van der Waals surface area contributed by atoms with Gasteiger partial charge in [-0.3, -0.25) is 10.4 Å². The summed E-state index contributed by atoms with van der Waals surface area (Å²) in [5, 5.41) is 23.9. The maximum Gasteiger partial charge on any atom is 0.161 e. The van der Waals surface area contributed by atoms with E-state index in [0.29, 0.717) is 16.2 Å². The molecule has 2 N–H and O–H groups in total. The average Bonchev–Trinajstić information content (AvgIpc) is 2.73. The number of nitrogens with one attached hydrogen (secondary N) is 1. The fourth-order valence-electron chi connectivity index (χ4n) is 2.70. The maximum atomic E-state index is 9.66. The highest BCUT2D eigenvalue weighted by atomic mass is 32.1. The highest BCUT2D eigenvalue weighted by Crippen LogP contribution is 2.26. The Hall–Kier alpha value is -3.25. The topological polar surface area (TPSA) is 68.9 Å². The summed E-state index contributed by atoms with van der Waals surface area (Å²) in [6.45, 7) is 0. The predicted octanol–water partition coefficient (Wildman–Crippen LogP) is 4.65. The Balaban J connectivity index is 1.78. The number of aromatic hydroxyl groups is 1. The monoisotopic (exact) mass is 391 g/mol. The van der Waals surface area contributed by atoms with Gasteiger partial charge >= 0.3 is 0 Å². The van der Waals surface area contributed by atoms with Gasteiger partial charge in [0, 0.05) is 17.5 Å². The molecule has 0 bridgehead atoms. The molecule has 3 aromatic rings. The van der Waals surface area contributed by atoms with E-state index in [0.717, 1.165) is 16.7 Å². The van der Waals surface area contributed by atoms with Gasteiger partial charge in [-0.05, 0) is 47.0 Å². The van der Waals surface area contributed by atoms with Crippen molar-refractivity contribution in [3.63, 3.8) is 0 Å². The minimum absolute atomic E-state index is 0.0685. The smallest absolute Gasteiger partial charge is 0.161 e. The number of ether oxygens (including phenoxy) is 1. The Morgan fingerprint density at radius 2 is 1.82 bits per heavy atom. The summed E-state index contributed by atoms with van der Waals surface area (Å²) in [5.74, 6) is 0.668. The molecule has 142 valence electrons. The molecule has 0 amide bonds. The zero-order valence-electron chi connectivity index (χ0n) is 15.6. The number of hydrogen-bond donors (Lipinski definition) is 3. The molecule has 6 heteroatoms. The number of amidine groups is 1. The van der Waals surface area contributed by atoms with Crippen LogP contribution in [0.25, 0.3) is 11.1 Å². The van der Waals surface area contributed by atoms with E-state index in [4.69, 9.17) is 10.1 Å². The van der Waals surface area contributed by atoms with Crippen molar-refractivity contribution >= 4 is 24.7 Å². The predicted molar refractivity (Wildman–Crippen MR) is 116 cm³/mol. The first-order valence-corrected chi connectivity index (χ1v) is 9.06. The van der Waals surface area contributed by atoms with Crippen LogP contribution in [0.5, 0.6) is 11.5 Å². The summed E-state index contributed by atoms with van der Waals surface area (Å²) >= 11 is 4.56. The van der Waals surface area contributed by atoms with Gasteiger partial charge in [0.25, 0.3) is 0 Å². The van der Waals surface area contributed by atoms with Gasteiger partial charge in [-0.15, -0.1) is 12.6 Å². The molecule has 0 fully saturated rings. The first-order chi connectivity index (χ1) is 13.5. The maximum absolute atomic E-state index is 9.66. The summed E-state index contributed by atoms with van der Waals surface area (Å²) in [6.07, 6.45) is 1.60. The van der Waals surface area contributed by atoms with E-state index in [-0.39, 0.29) is 11.6 Å². The molecule has 3 rings (SSSR count).